The Bertz CT molecular complexity index is 1040. The molecule has 1 aromatic carbocycles. The first kappa shape index (κ1) is 19.2. The van der Waals surface area contributed by atoms with E-state index in [0.717, 1.165) is 42.8 Å². The molecular formula is C20H20ClN7O. The average Bonchev–Trinajstić information content (AvgIpc) is 3.23. The van der Waals surface area contributed by atoms with Gasteiger partial charge in [0.15, 0.2) is 17.8 Å². The van der Waals surface area contributed by atoms with Crippen LogP contribution in [0.1, 0.15) is 24.3 Å². The minimum atomic E-state index is 0.242. The number of rotatable bonds is 5. The highest BCUT2D eigenvalue weighted by Crippen LogP contribution is 2.42. The Morgan fingerprint density at radius 2 is 2.03 bits per heavy atom. The quantitative estimate of drug-likeness (QED) is 0.544. The predicted molar refractivity (Wildman–Crippen MR) is 112 cm³/mol. The summed E-state index contributed by atoms with van der Waals surface area (Å²) in [5.41, 5.74) is 2.74. The molecule has 8 nitrogen and oxygen atoms in total. The Labute approximate surface area is 173 Å². The standard InChI is InChI=1S/C20H20ClN7O/c1-22-17-10-25-18(11-24-17)26-16-9-15(27-28-16)14-4-3-13(19(21)20(14)29-2)12-5-7-23-8-6-12/h3-4,9-12,23H,5-8H2,2H3,(H2,25,26,27,28). The second-order valence-corrected chi connectivity index (χ2v) is 7.12. The van der Waals surface area contributed by atoms with Crippen LogP contribution in [0.15, 0.2) is 30.6 Å². The summed E-state index contributed by atoms with van der Waals surface area (Å²) in [6.45, 7) is 8.93. The topological polar surface area (TPSA) is 92.1 Å². The molecule has 0 saturated carbocycles. The molecule has 29 heavy (non-hydrogen) atoms. The average molecular weight is 410 g/mol. The zero-order valence-electron chi connectivity index (χ0n) is 15.9. The molecule has 1 fully saturated rings. The highest BCUT2D eigenvalue weighted by molar-refractivity contribution is 6.33. The molecule has 0 unspecified atom stereocenters. The van der Waals surface area contributed by atoms with Gasteiger partial charge < -0.3 is 20.2 Å². The predicted octanol–water partition coefficient (Wildman–Crippen LogP) is 4.29. The maximum absolute atomic E-state index is 6.93. The van der Waals surface area contributed by atoms with Crippen LogP contribution in [0, 0.1) is 6.57 Å². The third kappa shape index (κ3) is 4.01. The number of nitrogens with zero attached hydrogens (tertiary/aromatic N) is 4. The summed E-state index contributed by atoms with van der Waals surface area (Å²) in [6, 6.07) is 5.95. The summed E-state index contributed by atoms with van der Waals surface area (Å²) >= 11 is 6.72. The highest BCUT2D eigenvalue weighted by Gasteiger charge is 2.22. The molecule has 0 radical (unpaired) electrons. The number of piperidine rings is 1. The summed E-state index contributed by atoms with van der Waals surface area (Å²) in [5.74, 6) is 2.39. The van der Waals surface area contributed by atoms with Crippen molar-refractivity contribution in [3.8, 4) is 17.0 Å². The largest absolute Gasteiger partial charge is 0.494 e. The van der Waals surface area contributed by atoms with Crippen LogP contribution in [0.2, 0.25) is 5.02 Å². The van der Waals surface area contributed by atoms with Crippen molar-refractivity contribution in [3.63, 3.8) is 0 Å². The number of benzene rings is 1. The van der Waals surface area contributed by atoms with Gasteiger partial charge in [-0.15, -0.1) is 4.98 Å². The zero-order valence-corrected chi connectivity index (χ0v) is 16.6. The fourth-order valence-corrected chi connectivity index (χ4v) is 3.93. The van der Waals surface area contributed by atoms with Gasteiger partial charge in [0, 0.05) is 11.6 Å². The van der Waals surface area contributed by atoms with Gasteiger partial charge in [0.25, 0.3) is 5.82 Å². The summed E-state index contributed by atoms with van der Waals surface area (Å²) in [6.07, 6.45) is 5.03. The molecule has 1 aliphatic heterocycles. The van der Waals surface area contributed by atoms with Gasteiger partial charge in [-0.05, 0) is 43.5 Å². The molecule has 0 spiro atoms. The number of hydrogen-bond acceptors (Lipinski definition) is 6. The molecule has 9 heteroatoms. The van der Waals surface area contributed by atoms with Crippen molar-refractivity contribution < 1.29 is 4.74 Å². The molecule has 148 valence electrons. The molecule has 3 aromatic rings. The van der Waals surface area contributed by atoms with Crippen molar-refractivity contribution in [3.05, 3.63) is 52.6 Å². The Morgan fingerprint density at radius 1 is 1.21 bits per heavy atom. The van der Waals surface area contributed by atoms with Gasteiger partial charge in [-0.1, -0.05) is 24.2 Å². The molecule has 1 aliphatic rings. The molecule has 3 heterocycles. The van der Waals surface area contributed by atoms with E-state index in [4.69, 9.17) is 22.9 Å². The number of anilines is 2. The molecule has 4 rings (SSSR count). The van der Waals surface area contributed by atoms with Crippen molar-refractivity contribution in [2.45, 2.75) is 18.8 Å². The van der Waals surface area contributed by atoms with Crippen LogP contribution in [0.25, 0.3) is 16.1 Å². The number of hydrogen-bond donors (Lipinski definition) is 3. The van der Waals surface area contributed by atoms with E-state index in [0.29, 0.717) is 28.3 Å². The number of methoxy groups -OCH3 is 1. The number of aromatic amines is 1. The van der Waals surface area contributed by atoms with Crippen molar-refractivity contribution in [2.24, 2.45) is 0 Å². The lowest BCUT2D eigenvalue weighted by atomic mass is 9.89. The van der Waals surface area contributed by atoms with Crippen LogP contribution in [-0.2, 0) is 0 Å². The Balaban J connectivity index is 1.59. The summed E-state index contributed by atoms with van der Waals surface area (Å²) in [7, 11) is 1.63. The van der Waals surface area contributed by atoms with Crippen LogP contribution in [0.3, 0.4) is 0 Å². The Kier molecular flexibility index (Phi) is 5.60. The highest BCUT2D eigenvalue weighted by atomic mass is 35.5. The monoisotopic (exact) mass is 409 g/mol. The van der Waals surface area contributed by atoms with E-state index in [1.165, 1.54) is 12.4 Å². The first-order chi connectivity index (χ1) is 14.2. The number of H-pyrrole nitrogens is 1. The van der Waals surface area contributed by atoms with E-state index in [9.17, 15) is 0 Å². The molecule has 0 bridgehead atoms. The summed E-state index contributed by atoms with van der Waals surface area (Å²) < 4.78 is 5.65. The number of halogens is 1. The second kappa shape index (κ2) is 8.47. The second-order valence-electron chi connectivity index (χ2n) is 6.74. The fraction of sp³-hybridized carbons (Fsp3) is 0.300. The van der Waals surface area contributed by atoms with Gasteiger partial charge in [0.2, 0.25) is 0 Å². The first-order valence-corrected chi connectivity index (χ1v) is 9.67. The number of nitrogens with one attached hydrogen (secondary N) is 3. The normalized spacial score (nSPS) is 14.4. The van der Waals surface area contributed by atoms with Crippen LogP contribution in [-0.4, -0.2) is 40.4 Å². The summed E-state index contributed by atoms with van der Waals surface area (Å²) in [5, 5.41) is 14.4. The Morgan fingerprint density at radius 3 is 2.72 bits per heavy atom. The number of aromatic nitrogens is 4. The van der Waals surface area contributed by atoms with Crippen molar-refractivity contribution >= 4 is 29.1 Å². The van der Waals surface area contributed by atoms with E-state index in [2.05, 4.69) is 41.7 Å². The lowest BCUT2D eigenvalue weighted by molar-refractivity contribution is 0.413. The smallest absolute Gasteiger partial charge is 0.288 e. The lowest BCUT2D eigenvalue weighted by Crippen LogP contribution is -2.26. The fourth-order valence-electron chi connectivity index (χ4n) is 3.53. The Hall–Kier alpha value is -3.15. The lowest BCUT2D eigenvalue weighted by Gasteiger charge is -2.25. The van der Waals surface area contributed by atoms with Gasteiger partial charge in [0.05, 0.1) is 24.0 Å². The van der Waals surface area contributed by atoms with Crippen LogP contribution < -0.4 is 15.4 Å². The van der Waals surface area contributed by atoms with Crippen LogP contribution >= 0.6 is 11.6 Å². The van der Waals surface area contributed by atoms with E-state index in [1.807, 2.05) is 12.1 Å². The van der Waals surface area contributed by atoms with Crippen LogP contribution in [0.4, 0.5) is 17.5 Å². The minimum Gasteiger partial charge on any atom is -0.494 e. The van der Waals surface area contributed by atoms with E-state index < -0.39 is 0 Å². The molecule has 0 amide bonds. The third-order valence-electron chi connectivity index (χ3n) is 4.99. The maximum atomic E-state index is 6.93. The van der Waals surface area contributed by atoms with Gasteiger partial charge in [-0.3, -0.25) is 5.10 Å². The molecule has 1 saturated heterocycles. The van der Waals surface area contributed by atoms with Gasteiger partial charge in [-0.25, -0.2) is 4.98 Å². The van der Waals surface area contributed by atoms with E-state index in [-0.39, 0.29) is 5.82 Å². The number of ether oxygens (including phenoxy) is 1. The zero-order chi connectivity index (χ0) is 20.2. The molecule has 0 atom stereocenters. The first-order valence-electron chi connectivity index (χ1n) is 9.29. The summed E-state index contributed by atoms with van der Waals surface area (Å²) in [4.78, 5) is 11.4. The molecule has 2 aromatic heterocycles. The van der Waals surface area contributed by atoms with Gasteiger partial charge >= 0.3 is 0 Å². The van der Waals surface area contributed by atoms with Crippen molar-refractivity contribution in [2.75, 3.05) is 25.5 Å². The minimum absolute atomic E-state index is 0.242. The maximum Gasteiger partial charge on any atom is 0.288 e. The van der Waals surface area contributed by atoms with E-state index in [1.54, 1.807) is 7.11 Å². The van der Waals surface area contributed by atoms with E-state index >= 15 is 0 Å². The van der Waals surface area contributed by atoms with Gasteiger partial charge in [0.1, 0.15) is 5.75 Å². The van der Waals surface area contributed by atoms with Crippen LogP contribution in [0.5, 0.6) is 5.75 Å². The van der Waals surface area contributed by atoms with Crippen molar-refractivity contribution in [1.29, 1.82) is 0 Å². The molecule has 3 N–H and O–H groups in total. The third-order valence-corrected chi connectivity index (χ3v) is 5.38. The molecular weight excluding hydrogens is 390 g/mol. The van der Waals surface area contributed by atoms with Gasteiger partial charge in [-0.2, -0.15) is 5.10 Å². The van der Waals surface area contributed by atoms with Crippen molar-refractivity contribution in [1.82, 2.24) is 25.5 Å². The molecule has 0 aliphatic carbocycles. The SMILES string of the molecule is [C-]#[N+]c1cnc(Nc2cc(-c3ccc(C4CCNCC4)c(Cl)c3OC)[nH]n2)cn1.